The highest BCUT2D eigenvalue weighted by Crippen LogP contribution is 2.22. The highest BCUT2D eigenvalue weighted by atomic mass is 19.1. The molecule has 1 aromatic rings. The summed E-state index contributed by atoms with van der Waals surface area (Å²) in [5.74, 6) is -0.196. The summed E-state index contributed by atoms with van der Waals surface area (Å²) < 4.78 is 18.4. The van der Waals surface area contributed by atoms with Crippen molar-refractivity contribution in [3.8, 4) is 0 Å². The van der Waals surface area contributed by atoms with E-state index in [1.165, 1.54) is 11.6 Å². The van der Waals surface area contributed by atoms with Gasteiger partial charge in [0.25, 0.3) is 0 Å². The first-order valence-electron chi connectivity index (χ1n) is 7.12. The van der Waals surface area contributed by atoms with Crippen LogP contribution < -0.4 is 0 Å². The van der Waals surface area contributed by atoms with Crippen LogP contribution >= 0.6 is 0 Å². The molecule has 0 fully saturated rings. The Labute approximate surface area is 119 Å². The van der Waals surface area contributed by atoms with Crippen molar-refractivity contribution in [1.82, 2.24) is 4.90 Å². The molecule has 0 unspecified atom stereocenters. The van der Waals surface area contributed by atoms with Crippen molar-refractivity contribution in [3.05, 3.63) is 41.7 Å². The van der Waals surface area contributed by atoms with Crippen molar-refractivity contribution in [3.63, 3.8) is 0 Å². The third kappa shape index (κ3) is 4.40. The van der Waals surface area contributed by atoms with Crippen molar-refractivity contribution in [2.24, 2.45) is 0 Å². The van der Waals surface area contributed by atoms with Gasteiger partial charge in [0.05, 0.1) is 12.7 Å². The number of hydrogen-bond donors (Lipinski definition) is 1. The van der Waals surface area contributed by atoms with Crippen LogP contribution in [0.15, 0.2) is 30.3 Å². The van der Waals surface area contributed by atoms with E-state index >= 15 is 0 Å². The normalized spacial score (nSPS) is 17.9. The minimum atomic E-state index is -0.445. The maximum atomic E-state index is 13.2. The second-order valence-electron chi connectivity index (χ2n) is 5.06. The molecule has 1 aliphatic rings. The van der Waals surface area contributed by atoms with Gasteiger partial charge in [-0.25, -0.2) is 4.39 Å². The summed E-state index contributed by atoms with van der Waals surface area (Å²) in [6, 6.07) is 6.72. The summed E-state index contributed by atoms with van der Waals surface area (Å²) in [4.78, 5) is 2.19. The van der Waals surface area contributed by atoms with E-state index in [-0.39, 0.29) is 5.82 Å². The van der Waals surface area contributed by atoms with Crippen LogP contribution in [0.3, 0.4) is 0 Å². The predicted octanol–water partition coefficient (Wildman–Crippen LogP) is 2.31. The van der Waals surface area contributed by atoms with Crippen LogP contribution in [0.4, 0.5) is 4.39 Å². The average Bonchev–Trinajstić information content (AvgIpc) is 2.46. The molecule has 0 amide bonds. The zero-order valence-corrected chi connectivity index (χ0v) is 11.9. The molecule has 4 heteroatoms. The number of aliphatic hydroxyl groups is 1. The maximum Gasteiger partial charge on any atom is 0.123 e. The number of ether oxygens (including phenoxy) is 1. The largest absolute Gasteiger partial charge is 0.389 e. The molecule has 1 heterocycles. The minimum Gasteiger partial charge on any atom is -0.389 e. The molecule has 2 rings (SSSR count). The van der Waals surface area contributed by atoms with E-state index in [0.717, 1.165) is 25.1 Å². The van der Waals surface area contributed by atoms with Crippen molar-refractivity contribution in [2.75, 3.05) is 32.8 Å². The molecular formula is C16H22FNO2. The molecule has 0 bridgehead atoms. The van der Waals surface area contributed by atoms with Gasteiger partial charge in [0.1, 0.15) is 5.82 Å². The van der Waals surface area contributed by atoms with Gasteiger partial charge < -0.3 is 9.84 Å². The lowest BCUT2D eigenvalue weighted by atomic mass is 9.99. The van der Waals surface area contributed by atoms with E-state index < -0.39 is 6.10 Å². The van der Waals surface area contributed by atoms with Crippen LogP contribution in [0, 0.1) is 5.82 Å². The topological polar surface area (TPSA) is 32.7 Å². The Balaban J connectivity index is 1.87. The van der Waals surface area contributed by atoms with Gasteiger partial charge in [-0.15, -0.1) is 0 Å². The Morgan fingerprint density at radius 2 is 2.30 bits per heavy atom. The van der Waals surface area contributed by atoms with E-state index in [2.05, 4.69) is 11.0 Å². The number of aliphatic hydroxyl groups excluding tert-OH is 1. The first-order valence-corrected chi connectivity index (χ1v) is 7.12. The molecule has 0 saturated carbocycles. The fraction of sp³-hybridized carbons (Fsp3) is 0.500. The smallest absolute Gasteiger partial charge is 0.123 e. The third-order valence-corrected chi connectivity index (χ3v) is 3.47. The van der Waals surface area contributed by atoms with Crippen LogP contribution in [0.1, 0.15) is 18.9 Å². The van der Waals surface area contributed by atoms with Crippen LogP contribution in [0.5, 0.6) is 0 Å². The van der Waals surface area contributed by atoms with Crippen LogP contribution in [0.2, 0.25) is 0 Å². The second kappa shape index (κ2) is 7.53. The lowest BCUT2D eigenvalue weighted by Gasteiger charge is -2.28. The van der Waals surface area contributed by atoms with E-state index in [0.29, 0.717) is 19.8 Å². The van der Waals surface area contributed by atoms with Crippen LogP contribution in [-0.4, -0.2) is 49.0 Å². The Morgan fingerprint density at radius 3 is 2.95 bits per heavy atom. The summed E-state index contributed by atoms with van der Waals surface area (Å²) in [6.45, 7) is 5.21. The number of nitrogens with zero attached hydrogens (tertiary/aromatic N) is 1. The Morgan fingerprint density at radius 1 is 1.45 bits per heavy atom. The molecular weight excluding hydrogens is 257 g/mol. The monoisotopic (exact) mass is 279 g/mol. The Bertz CT molecular complexity index is 462. The van der Waals surface area contributed by atoms with Crippen molar-refractivity contribution in [2.45, 2.75) is 19.4 Å². The standard InChI is InChI=1S/C16H22FNO2/c1-2-20-12-16(19)11-18-8-6-13(7-9-18)14-4-3-5-15(17)10-14/h3-6,10,16,19H,2,7-9,11-12H2,1H3/t16-/m1/s1. The lowest BCUT2D eigenvalue weighted by molar-refractivity contribution is 0.0230. The van der Waals surface area contributed by atoms with Gasteiger partial charge in [-0.1, -0.05) is 18.2 Å². The molecule has 0 spiro atoms. The number of hydrogen-bond acceptors (Lipinski definition) is 3. The van der Waals surface area contributed by atoms with E-state index in [1.807, 2.05) is 13.0 Å². The van der Waals surface area contributed by atoms with Crippen molar-refractivity contribution in [1.29, 1.82) is 0 Å². The minimum absolute atomic E-state index is 0.196. The van der Waals surface area contributed by atoms with Gasteiger partial charge in [0.2, 0.25) is 0 Å². The number of β-amino-alcohol motifs (C(OH)–C–C–N with tert-alkyl or cyclic N) is 1. The molecule has 3 nitrogen and oxygen atoms in total. The Kier molecular flexibility index (Phi) is 5.71. The summed E-state index contributed by atoms with van der Waals surface area (Å²) in [6.07, 6.45) is 2.55. The quantitative estimate of drug-likeness (QED) is 0.867. The molecule has 0 saturated heterocycles. The van der Waals surface area contributed by atoms with Crippen LogP contribution in [-0.2, 0) is 4.74 Å². The summed E-state index contributed by atoms with van der Waals surface area (Å²) >= 11 is 0. The van der Waals surface area contributed by atoms with Crippen LogP contribution in [0.25, 0.3) is 5.57 Å². The van der Waals surface area contributed by atoms with Crippen molar-refractivity contribution < 1.29 is 14.2 Å². The molecule has 20 heavy (non-hydrogen) atoms. The fourth-order valence-electron chi connectivity index (χ4n) is 2.43. The first kappa shape index (κ1) is 15.2. The predicted molar refractivity (Wildman–Crippen MR) is 77.9 cm³/mol. The number of benzene rings is 1. The molecule has 0 radical (unpaired) electrons. The van der Waals surface area contributed by atoms with E-state index in [1.54, 1.807) is 12.1 Å². The van der Waals surface area contributed by atoms with Gasteiger partial charge in [-0.05, 0) is 36.6 Å². The average molecular weight is 279 g/mol. The summed E-state index contributed by atoms with van der Waals surface area (Å²) in [5, 5.41) is 9.81. The molecule has 1 aromatic carbocycles. The lowest BCUT2D eigenvalue weighted by Crippen LogP contribution is -2.37. The molecule has 110 valence electrons. The molecule has 1 N–H and O–H groups in total. The third-order valence-electron chi connectivity index (χ3n) is 3.47. The summed E-state index contributed by atoms with van der Waals surface area (Å²) in [5.41, 5.74) is 2.14. The zero-order valence-electron chi connectivity index (χ0n) is 11.9. The SMILES string of the molecule is CCOC[C@H](O)CN1CC=C(c2cccc(F)c2)CC1. The number of rotatable bonds is 6. The van der Waals surface area contributed by atoms with E-state index in [4.69, 9.17) is 4.74 Å². The fourth-order valence-corrected chi connectivity index (χ4v) is 2.43. The van der Waals surface area contributed by atoms with Crippen molar-refractivity contribution >= 4 is 5.57 Å². The van der Waals surface area contributed by atoms with Gasteiger partial charge >= 0.3 is 0 Å². The Hall–Kier alpha value is -1.23. The van der Waals surface area contributed by atoms with Gasteiger partial charge in [-0.3, -0.25) is 4.90 Å². The van der Waals surface area contributed by atoms with Gasteiger partial charge in [0, 0.05) is 26.2 Å². The summed E-state index contributed by atoms with van der Waals surface area (Å²) in [7, 11) is 0. The van der Waals surface area contributed by atoms with E-state index in [9.17, 15) is 9.50 Å². The zero-order chi connectivity index (χ0) is 14.4. The molecule has 0 aliphatic carbocycles. The highest BCUT2D eigenvalue weighted by Gasteiger charge is 2.16. The molecule has 1 aliphatic heterocycles. The maximum absolute atomic E-state index is 13.2. The second-order valence-corrected chi connectivity index (χ2v) is 5.06. The molecule has 1 atom stereocenters. The van der Waals surface area contributed by atoms with Gasteiger partial charge in [-0.2, -0.15) is 0 Å². The van der Waals surface area contributed by atoms with Gasteiger partial charge in [0.15, 0.2) is 0 Å². The molecule has 0 aromatic heterocycles. The first-order chi connectivity index (χ1) is 9.69. The number of halogens is 1. The highest BCUT2D eigenvalue weighted by molar-refractivity contribution is 5.66.